The van der Waals surface area contributed by atoms with Crippen LogP contribution >= 0.6 is 22.9 Å². The van der Waals surface area contributed by atoms with Crippen molar-refractivity contribution in [3.05, 3.63) is 44.4 Å². The molecule has 0 unspecified atom stereocenters. The van der Waals surface area contributed by atoms with Crippen molar-refractivity contribution in [1.29, 1.82) is 0 Å². The number of benzene rings is 1. The molecule has 0 saturated carbocycles. The number of aryl methyl sites for hydroxylation is 1. The number of hydrogen-bond acceptors (Lipinski definition) is 5. The van der Waals surface area contributed by atoms with Crippen molar-refractivity contribution in [2.45, 2.75) is 31.8 Å². The van der Waals surface area contributed by atoms with Crippen molar-refractivity contribution in [2.75, 3.05) is 0 Å². The van der Waals surface area contributed by atoms with E-state index < -0.39 is 10.0 Å². The van der Waals surface area contributed by atoms with Gasteiger partial charge in [0, 0.05) is 22.6 Å². The summed E-state index contributed by atoms with van der Waals surface area (Å²) in [5.74, 6) is 0. The van der Waals surface area contributed by atoms with E-state index in [4.69, 9.17) is 17.3 Å². The highest BCUT2D eigenvalue weighted by molar-refractivity contribution is 7.89. The van der Waals surface area contributed by atoms with Gasteiger partial charge < -0.3 is 5.73 Å². The predicted octanol–water partition coefficient (Wildman–Crippen LogP) is 2.35. The van der Waals surface area contributed by atoms with E-state index in [1.807, 2.05) is 12.3 Å². The van der Waals surface area contributed by atoms with Crippen molar-refractivity contribution in [3.8, 4) is 0 Å². The second-order valence-electron chi connectivity index (χ2n) is 4.60. The molecule has 1 heterocycles. The number of hydrogen-bond donors (Lipinski definition) is 2. The Labute approximate surface area is 133 Å². The molecule has 1 aromatic heterocycles. The van der Waals surface area contributed by atoms with Gasteiger partial charge in [-0.1, -0.05) is 11.6 Å². The third-order valence-corrected chi connectivity index (χ3v) is 5.73. The van der Waals surface area contributed by atoms with Crippen LogP contribution in [-0.4, -0.2) is 13.4 Å². The monoisotopic (exact) mass is 345 g/mol. The minimum atomic E-state index is -3.66. The molecule has 0 aliphatic heterocycles. The van der Waals surface area contributed by atoms with E-state index in [1.165, 1.54) is 17.4 Å². The predicted molar refractivity (Wildman–Crippen MR) is 85.0 cm³/mol. The first-order chi connectivity index (χ1) is 9.83. The largest absolute Gasteiger partial charge is 0.326 e. The lowest BCUT2D eigenvalue weighted by Crippen LogP contribution is -2.24. The van der Waals surface area contributed by atoms with E-state index in [-0.39, 0.29) is 18.0 Å². The SMILES string of the molecule is Cc1csc(CNS(=O)(=O)c2cc(Cl)cc(CN)c2C)n1. The first kappa shape index (κ1) is 16.4. The fraction of sp³-hybridized carbons (Fsp3) is 0.308. The van der Waals surface area contributed by atoms with E-state index in [9.17, 15) is 8.42 Å². The summed E-state index contributed by atoms with van der Waals surface area (Å²) in [5, 5.41) is 2.95. The fourth-order valence-corrected chi connectivity index (χ4v) is 4.32. The number of nitrogens with one attached hydrogen (secondary N) is 1. The van der Waals surface area contributed by atoms with Crippen LogP contribution in [-0.2, 0) is 23.1 Å². The van der Waals surface area contributed by atoms with Crippen LogP contribution < -0.4 is 10.5 Å². The summed E-state index contributed by atoms with van der Waals surface area (Å²) < 4.78 is 27.4. The van der Waals surface area contributed by atoms with Crippen LogP contribution in [0.5, 0.6) is 0 Å². The number of aromatic nitrogens is 1. The summed E-state index contributed by atoms with van der Waals surface area (Å²) in [6.07, 6.45) is 0. The highest BCUT2D eigenvalue weighted by atomic mass is 35.5. The van der Waals surface area contributed by atoms with Crippen molar-refractivity contribution in [3.63, 3.8) is 0 Å². The van der Waals surface area contributed by atoms with Gasteiger partial charge in [0.25, 0.3) is 0 Å². The Kier molecular flexibility index (Phi) is 5.00. The Bertz CT molecular complexity index is 757. The van der Waals surface area contributed by atoms with Gasteiger partial charge in [0.1, 0.15) is 5.01 Å². The van der Waals surface area contributed by atoms with Gasteiger partial charge in [-0.25, -0.2) is 18.1 Å². The topological polar surface area (TPSA) is 85.1 Å². The minimum Gasteiger partial charge on any atom is -0.326 e. The molecule has 0 aliphatic rings. The summed E-state index contributed by atoms with van der Waals surface area (Å²) in [5.41, 5.74) is 7.82. The van der Waals surface area contributed by atoms with E-state index in [0.29, 0.717) is 16.1 Å². The zero-order valence-corrected chi connectivity index (χ0v) is 14.1. The van der Waals surface area contributed by atoms with Gasteiger partial charge in [0.15, 0.2) is 0 Å². The van der Waals surface area contributed by atoms with Crippen LogP contribution in [0.4, 0.5) is 0 Å². The van der Waals surface area contributed by atoms with E-state index in [2.05, 4.69) is 9.71 Å². The Balaban J connectivity index is 2.29. The van der Waals surface area contributed by atoms with Gasteiger partial charge in [0.2, 0.25) is 10.0 Å². The minimum absolute atomic E-state index is 0.156. The Morgan fingerprint density at radius 1 is 1.38 bits per heavy atom. The maximum Gasteiger partial charge on any atom is 0.241 e. The third-order valence-electron chi connectivity index (χ3n) is 3.02. The number of rotatable bonds is 5. The van der Waals surface area contributed by atoms with Crippen molar-refractivity contribution >= 4 is 33.0 Å². The molecule has 1 aromatic carbocycles. The molecule has 0 spiro atoms. The summed E-state index contributed by atoms with van der Waals surface area (Å²) >= 11 is 7.39. The Hall–Kier alpha value is -0.990. The average molecular weight is 346 g/mol. The normalized spacial score (nSPS) is 11.8. The molecule has 0 atom stereocenters. The smallest absolute Gasteiger partial charge is 0.241 e. The van der Waals surface area contributed by atoms with Crippen molar-refractivity contribution < 1.29 is 8.42 Å². The van der Waals surface area contributed by atoms with Crippen molar-refractivity contribution in [2.24, 2.45) is 5.73 Å². The van der Waals surface area contributed by atoms with Gasteiger partial charge in [-0.05, 0) is 37.1 Å². The van der Waals surface area contributed by atoms with Crippen LogP contribution in [0.2, 0.25) is 5.02 Å². The molecule has 0 saturated heterocycles. The lowest BCUT2D eigenvalue weighted by molar-refractivity contribution is 0.580. The van der Waals surface area contributed by atoms with Gasteiger partial charge in [-0.15, -0.1) is 11.3 Å². The molecule has 2 rings (SSSR count). The number of sulfonamides is 1. The fourth-order valence-electron chi connectivity index (χ4n) is 1.92. The molecule has 21 heavy (non-hydrogen) atoms. The Morgan fingerprint density at radius 2 is 2.10 bits per heavy atom. The first-order valence-electron chi connectivity index (χ1n) is 6.23. The lowest BCUT2D eigenvalue weighted by atomic mass is 10.1. The summed E-state index contributed by atoms with van der Waals surface area (Å²) in [4.78, 5) is 4.38. The van der Waals surface area contributed by atoms with Crippen molar-refractivity contribution in [1.82, 2.24) is 9.71 Å². The molecule has 3 N–H and O–H groups in total. The summed E-state index contributed by atoms with van der Waals surface area (Å²) in [6.45, 7) is 3.98. The molecule has 0 radical (unpaired) electrons. The Morgan fingerprint density at radius 3 is 2.67 bits per heavy atom. The van der Waals surface area contributed by atoms with Crippen LogP contribution in [0.15, 0.2) is 22.4 Å². The maximum atomic E-state index is 12.4. The van der Waals surface area contributed by atoms with Gasteiger partial charge in [-0.3, -0.25) is 0 Å². The first-order valence-corrected chi connectivity index (χ1v) is 8.97. The standard InChI is InChI=1S/C13H16ClN3O2S2/c1-8-7-20-13(17-8)6-16-21(18,19)12-4-11(14)3-10(5-15)9(12)2/h3-4,7,16H,5-6,15H2,1-2H3. The maximum absolute atomic E-state index is 12.4. The number of thiazole rings is 1. The molecule has 0 aliphatic carbocycles. The molecule has 8 heteroatoms. The molecular formula is C13H16ClN3O2S2. The zero-order valence-electron chi connectivity index (χ0n) is 11.7. The second-order valence-corrected chi connectivity index (χ2v) is 7.71. The molecule has 0 fully saturated rings. The summed E-state index contributed by atoms with van der Waals surface area (Å²) in [7, 11) is -3.66. The highest BCUT2D eigenvalue weighted by Gasteiger charge is 2.19. The van der Waals surface area contributed by atoms with Crippen LogP contribution in [0.1, 0.15) is 21.8 Å². The summed E-state index contributed by atoms with van der Waals surface area (Å²) in [6, 6.07) is 3.12. The molecule has 5 nitrogen and oxygen atoms in total. The molecule has 114 valence electrons. The van der Waals surface area contributed by atoms with Crippen LogP contribution in [0.25, 0.3) is 0 Å². The van der Waals surface area contributed by atoms with Crippen LogP contribution in [0.3, 0.4) is 0 Å². The molecule has 2 aromatic rings. The average Bonchev–Trinajstić information content (AvgIpc) is 2.84. The molecular weight excluding hydrogens is 330 g/mol. The van der Waals surface area contributed by atoms with Crippen LogP contribution in [0, 0.1) is 13.8 Å². The second kappa shape index (κ2) is 6.41. The highest BCUT2D eigenvalue weighted by Crippen LogP contribution is 2.24. The van der Waals surface area contributed by atoms with Gasteiger partial charge >= 0.3 is 0 Å². The lowest BCUT2D eigenvalue weighted by Gasteiger charge is -2.12. The van der Waals surface area contributed by atoms with Gasteiger partial charge in [0.05, 0.1) is 11.4 Å². The number of halogens is 1. The molecule has 0 amide bonds. The quantitative estimate of drug-likeness (QED) is 0.871. The third kappa shape index (κ3) is 3.81. The van der Waals surface area contributed by atoms with E-state index in [1.54, 1.807) is 13.0 Å². The van der Waals surface area contributed by atoms with Gasteiger partial charge in [-0.2, -0.15) is 0 Å². The number of nitrogens with zero attached hydrogens (tertiary/aromatic N) is 1. The van der Waals surface area contributed by atoms with E-state index >= 15 is 0 Å². The number of nitrogens with two attached hydrogens (primary N) is 1. The molecule has 0 bridgehead atoms. The zero-order chi connectivity index (χ0) is 15.6. The van der Waals surface area contributed by atoms with E-state index in [0.717, 1.165) is 10.7 Å².